The summed E-state index contributed by atoms with van der Waals surface area (Å²) in [6, 6.07) is 6.04. The van der Waals surface area contributed by atoms with Crippen LogP contribution in [0, 0.1) is 3.57 Å². The van der Waals surface area contributed by atoms with Crippen molar-refractivity contribution in [1.82, 2.24) is 10.2 Å². The number of hydrogen-bond acceptors (Lipinski definition) is 3. The van der Waals surface area contributed by atoms with Gasteiger partial charge in [-0.3, -0.25) is 14.4 Å². The van der Waals surface area contributed by atoms with Gasteiger partial charge >= 0.3 is 5.97 Å². The van der Waals surface area contributed by atoms with Gasteiger partial charge in [-0.15, -0.1) is 0 Å². The van der Waals surface area contributed by atoms with E-state index in [2.05, 4.69) is 27.9 Å². The monoisotopic (exact) mass is 388 g/mol. The zero-order valence-electron chi connectivity index (χ0n) is 10.5. The summed E-state index contributed by atoms with van der Waals surface area (Å²) in [6.45, 7) is 0.651. The zero-order chi connectivity index (χ0) is 14.7. The lowest BCUT2D eigenvalue weighted by Crippen LogP contribution is -2.57. The van der Waals surface area contributed by atoms with E-state index in [0.717, 1.165) is 3.57 Å². The summed E-state index contributed by atoms with van der Waals surface area (Å²) >= 11 is 2.09. The molecule has 1 unspecified atom stereocenters. The van der Waals surface area contributed by atoms with E-state index in [4.69, 9.17) is 5.11 Å². The SMILES string of the molecule is O=C(O)CC1C(=O)NCCN1C(=O)c1cccc(I)c1. The number of nitrogens with one attached hydrogen (secondary N) is 1. The maximum atomic E-state index is 12.4. The Morgan fingerprint density at radius 2 is 2.20 bits per heavy atom. The van der Waals surface area contributed by atoms with Crippen LogP contribution in [0.5, 0.6) is 0 Å². The number of benzene rings is 1. The van der Waals surface area contributed by atoms with Crippen LogP contribution in [-0.2, 0) is 9.59 Å². The molecule has 2 amide bonds. The maximum Gasteiger partial charge on any atom is 0.305 e. The number of piperazine rings is 1. The second-order valence-electron chi connectivity index (χ2n) is 4.41. The quantitative estimate of drug-likeness (QED) is 0.747. The van der Waals surface area contributed by atoms with Crippen LogP contribution in [-0.4, -0.2) is 46.9 Å². The molecule has 0 aromatic heterocycles. The average molecular weight is 388 g/mol. The Morgan fingerprint density at radius 3 is 2.85 bits per heavy atom. The van der Waals surface area contributed by atoms with Crippen molar-refractivity contribution in [2.45, 2.75) is 12.5 Å². The van der Waals surface area contributed by atoms with Crippen molar-refractivity contribution in [3.05, 3.63) is 33.4 Å². The number of carbonyl (C=O) groups excluding carboxylic acids is 2. The first-order valence-electron chi connectivity index (χ1n) is 6.05. The van der Waals surface area contributed by atoms with E-state index < -0.39 is 17.9 Å². The van der Waals surface area contributed by atoms with Gasteiger partial charge in [-0.25, -0.2) is 0 Å². The lowest BCUT2D eigenvalue weighted by Gasteiger charge is -2.34. The molecule has 1 aromatic carbocycles. The molecular weight excluding hydrogens is 375 g/mol. The Balaban J connectivity index is 2.25. The van der Waals surface area contributed by atoms with Crippen LogP contribution in [0.4, 0.5) is 0 Å². The van der Waals surface area contributed by atoms with Gasteiger partial charge in [0.05, 0.1) is 6.42 Å². The molecule has 1 aliphatic heterocycles. The Kier molecular flexibility index (Phi) is 4.58. The van der Waals surface area contributed by atoms with Gasteiger partial charge < -0.3 is 15.3 Å². The van der Waals surface area contributed by atoms with Crippen molar-refractivity contribution in [2.75, 3.05) is 13.1 Å². The highest BCUT2D eigenvalue weighted by atomic mass is 127. The third kappa shape index (κ3) is 3.27. The summed E-state index contributed by atoms with van der Waals surface area (Å²) < 4.78 is 0.907. The van der Waals surface area contributed by atoms with Crippen LogP contribution in [0.2, 0.25) is 0 Å². The Labute approximate surface area is 129 Å². The molecule has 0 saturated carbocycles. The van der Waals surface area contributed by atoms with E-state index in [1.54, 1.807) is 18.2 Å². The average Bonchev–Trinajstić information content (AvgIpc) is 2.40. The van der Waals surface area contributed by atoms with Crippen LogP contribution < -0.4 is 5.32 Å². The number of hydrogen-bond donors (Lipinski definition) is 2. The van der Waals surface area contributed by atoms with E-state index >= 15 is 0 Å². The summed E-state index contributed by atoms with van der Waals surface area (Å²) in [4.78, 5) is 36.4. The fraction of sp³-hybridized carbons (Fsp3) is 0.308. The molecule has 0 spiro atoms. The Morgan fingerprint density at radius 1 is 1.45 bits per heavy atom. The van der Waals surface area contributed by atoms with Crippen LogP contribution in [0.3, 0.4) is 0 Å². The molecule has 6 nitrogen and oxygen atoms in total. The van der Waals surface area contributed by atoms with Crippen molar-refractivity contribution in [3.8, 4) is 0 Å². The minimum absolute atomic E-state index is 0.313. The molecule has 1 heterocycles. The normalized spacial score (nSPS) is 18.6. The maximum absolute atomic E-state index is 12.4. The van der Waals surface area contributed by atoms with E-state index in [1.807, 2.05) is 6.07 Å². The first-order valence-corrected chi connectivity index (χ1v) is 7.13. The second kappa shape index (κ2) is 6.21. The molecule has 7 heteroatoms. The summed E-state index contributed by atoms with van der Waals surface area (Å²) in [7, 11) is 0. The van der Waals surface area contributed by atoms with E-state index in [9.17, 15) is 14.4 Å². The van der Waals surface area contributed by atoms with Crippen molar-refractivity contribution >= 4 is 40.4 Å². The molecule has 0 aliphatic carbocycles. The molecule has 2 N–H and O–H groups in total. The number of halogens is 1. The fourth-order valence-electron chi connectivity index (χ4n) is 2.11. The number of carbonyl (C=O) groups is 3. The zero-order valence-corrected chi connectivity index (χ0v) is 12.7. The molecule has 106 valence electrons. The number of nitrogens with zero attached hydrogens (tertiary/aromatic N) is 1. The molecule has 1 saturated heterocycles. The molecule has 1 aromatic rings. The molecule has 0 radical (unpaired) electrons. The number of carboxylic acids is 1. The van der Waals surface area contributed by atoms with Crippen LogP contribution >= 0.6 is 22.6 Å². The summed E-state index contributed by atoms with van der Waals surface area (Å²) in [5, 5.41) is 11.5. The number of aliphatic carboxylic acids is 1. The highest BCUT2D eigenvalue weighted by Crippen LogP contribution is 2.16. The van der Waals surface area contributed by atoms with Crippen molar-refractivity contribution in [1.29, 1.82) is 0 Å². The predicted octanol–water partition coefficient (Wildman–Crippen LogP) is 0.707. The fourth-order valence-corrected chi connectivity index (χ4v) is 2.66. The first-order chi connectivity index (χ1) is 9.49. The molecule has 20 heavy (non-hydrogen) atoms. The molecule has 1 aliphatic rings. The number of carboxylic acid groups (broad SMARTS) is 1. The molecule has 1 atom stereocenters. The first kappa shape index (κ1) is 14.8. The van der Waals surface area contributed by atoms with E-state index in [1.165, 1.54) is 4.90 Å². The van der Waals surface area contributed by atoms with Gasteiger partial charge in [0.2, 0.25) is 5.91 Å². The van der Waals surface area contributed by atoms with Crippen molar-refractivity contribution in [3.63, 3.8) is 0 Å². The van der Waals surface area contributed by atoms with Crippen LogP contribution in [0.25, 0.3) is 0 Å². The van der Waals surface area contributed by atoms with E-state index in [-0.39, 0.29) is 12.3 Å². The van der Waals surface area contributed by atoms with Gasteiger partial charge in [0.25, 0.3) is 5.91 Å². The predicted molar refractivity (Wildman–Crippen MR) is 79.2 cm³/mol. The van der Waals surface area contributed by atoms with Gasteiger partial charge in [-0.2, -0.15) is 0 Å². The minimum atomic E-state index is -1.10. The molecular formula is C13H13IN2O4. The van der Waals surface area contributed by atoms with Gasteiger partial charge in [0, 0.05) is 22.2 Å². The lowest BCUT2D eigenvalue weighted by molar-refractivity contribution is -0.142. The van der Waals surface area contributed by atoms with Gasteiger partial charge in [-0.1, -0.05) is 6.07 Å². The molecule has 0 bridgehead atoms. The van der Waals surface area contributed by atoms with Gasteiger partial charge in [0.15, 0.2) is 0 Å². The van der Waals surface area contributed by atoms with Crippen LogP contribution in [0.15, 0.2) is 24.3 Å². The number of amides is 2. The lowest BCUT2D eigenvalue weighted by atomic mass is 10.1. The number of rotatable bonds is 3. The topological polar surface area (TPSA) is 86.7 Å². The van der Waals surface area contributed by atoms with Gasteiger partial charge in [-0.05, 0) is 40.8 Å². The largest absolute Gasteiger partial charge is 0.481 e. The smallest absolute Gasteiger partial charge is 0.305 e. The highest BCUT2D eigenvalue weighted by molar-refractivity contribution is 14.1. The van der Waals surface area contributed by atoms with Crippen molar-refractivity contribution < 1.29 is 19.5 Å². The van der Waals surface area contributed by atoms with Crippen molar-refractivity contribution in [2.24, 2.45) is 0 Å². The molecule has 2 rings (SSSR count). The summed E-state index contributed by atoms with van der Waals surface area (Å²) in [5.74, 6) is -1.84. The highest BCUT2D eigenvalue weighted by Gasteiger charge is 2.35. The third-order valence-electron chi connectivity index (χ3n) is 3.03. The summed E-state index contributed by atoms with van der Waals surface area (Å²) in [6.07, 6.45) is -0.387. The van der Waals surface area contributed by atoms with E-state index in [0.29, 0.717) is 18.7 Å². The standard InChI is InChI=1S/C13H13IN2O4/c14-9-3-1-2-8(6-9)13(20)16-5-4-15-12(19)10(16)7-11(17)18/h1-3,6,10H,4-5,7H2,(H,15,19)(H,17,18). The second-order valence-corrected chi connectivity index (χ2v) is 5.66. The van der Waals surface area contributed by atoms with Gasteiger partial charge in [0.1, 0.15) is 6.04 Å². The summed E-state index contributed by atoms with van der Waals surface area (Å²) in [5.41, 5.74) is 0.460. The minimum Gasteiger partial charge on any atom is -0.481 e. The Hall–Kier alpha value is -1.64. The third-order valence-corrected chi connectivity index (χ3v) is 3.70. The Bertz CT molecular complexity index is 561. The molecule has 1 fully saturated rings. The van der Waals surface area contributed by atoms with Crippen LogP contribution in [0.1, 0.15) is 16.8 Å².